The third kappa shape index (κ3) is 7.61. The van der Waals surface area contributed by atoms with Crippen molar-refractivity contribution in [2.45, 2.75) is 71.6 Å². The maximum atomic E-state index is 6.87. The van der Waals surface area contributed by atoms with Crippen molar-refractivity contribution in [3.63, 3.8) is 0 Å². The fourth-order valence-corrected chi connectivity index (χ4v) is 8.97. The molecule has 9 aromatic rings. The number of ether oxygens (including phenoxy) is 1. The summed E-state index contributed by atoms with van der Waals surface area (Å²) in [6.07, 6.45) is 6.13. The number of benzene rings is 6. The summed E-state index contributed by atoms with van der Waals surface area (Å²) in [5, 5.41) is 2.18. The zero-order valence-electron chi connectivity index (χ0n) is 37.6. The van der Waals surface area contributed by atoms with Gasteiger partial charge in [-0.25, -0.2) is 4.98 Å². The number of rotatable bonds is 8. The SMILES string of the molecule is CC(C)(C)c1cc(Oc2[c-]c3c(cc2)c2c(c4ccccc4n2-c2ccccc2)n3-c2cc(C(C)(C)c3ccccc3)ccn2)[c-]c(N2C=CN(c3ccccc3C(C)(C)C)[CH-]2)c1.[Pd]. The van der Waals surface area contributed by atoms with E-state index in [0.717, 1.165) is 61.3 Å². The Hall–Kier alpha value is -6.39. The van der Waals surface area contributed by atoms with E-state index in [1.165, 1.54) is 16.7 Å². The molecule has 0 spiro atoms. The van der Waals surface area contributed by atoms with Crippen molar-refractivity contribution in [2.24, 2.45) is 0 Å². The van der Waals surface area contributed by atoms with Crippen LogP contribution in [0.15, 0.2) is 164 Å². The molecular weight excluding hydrogens is 877 g/mol. The number of aromatic nitrogens is 3. The first-order chi connectivity index (χ1) is 30.3. The number of fused-ring (bicyclic) bond motifs is 5. The van der Waals surface area contributed by atoms with Gasteiger partial charge in [0.1, 0.15) is 5.82 Å². The Morgan fingerprint density at radius 1 is 0.547 bits per heavy atom. The van der Waals surface area contributed by atoms with Gasteiger partial charge in [0.05, 0.1) is 11.0 Å². The molecule has 0 aliphatic carbocycles. The zero-order valence-corrected chi connectivity index (χ0v) is 39.2. The van der Waals surface area contributed by atoms with Crippen LogP contribution in [0.1, 0.15) is 77.6 Å². The molecule has 1 aliphatic rings. The Kier molecular flexibility index (Phi) is 10.9. The predicted molar refractivity (Wildman–Crippen MR) is 260 cm³/mol. The molecule has 0 saturated carbocycles. The fraction of sp³-hybridized carbons (Fsp3) is 0.193. The summed E-state index contributed by atoms with van der Waals surface area (Å²) in [7, 11) is 0. The largest absolute Gasteiger partial charge is 0.509 e. The number of nitrogens with zero attached hydrogens (tertiary/aromatic N) is 5. The van der Waals surface area contributed by atoms with Crippen LogP contribution in [0.3, 0.4) is 0 Å². The van der Waals surface area contributed by atoms with E-state index in [1.807, 2.05) is 12.3 Å². The van der Waals surface area contributed by atoms with Crippen molar-refractivity contribution < 1.29 is 25.2 Å². The van der Waals surface area contributed by atoms with Crippen molar-refractivity contribution in [1.82, 2.24) is 14.1 Å². The van der Waals surface area contributed by atoms with E-state index in [2.05, 4.69) is 245 Å². The molecule has 64 heavy (non-hydrogen) atoms. The monoisotopic (exact) mass is 928 g/mol. The van der Waals surface area contributed by atoms with Crippen molar-refractivity contribution in [3.8, 4) is 23.0 Å². The van der Waals surface area contributed by atoms with Gasteiger partial charge < -0.3 is 23.7 Å². The first-order valence-electron chi connectivity index (χ1n) is 21.8. The molecule has 324 valence electrons. The molecule has 6 nitrogen and oxygen atoms in total. The molecule has 0 fully saturated rings. The minimum atomic E-state index is -0.266. The van der Waals surface area contributed by atoms with Gasteiger partial charge in [0, 0.05) is 65.8 Å². The topological polar surface area (TPSA) is 38.5 Å². The molecule has 0 radical (unpaired) electrons. The minimum absolute atomic E-state index is 0. The van der Waals surface area contributed by atoms with Gasteiger partial charge in [0.15, 0.2) is 0 Å². The van der Waals surface area contributed by atoms with Crippen molar-refractivity contribution >= 4 is 44.2 Å². The Morgan fingerprint density at radius 3 is 1.97 bits per heavy atom. The maximum absolute atomic E-state index is 6.87. The Balaban J connectivity index is 0.00000518. The van der Waals surface area contributed by atoms with E-state index >= 15 is 0 Å². The number of pyridine rings is 1. The quantitative estimate of drug-likeness (QED) is 0.112. The van der Waals surface area contributed by atoms with E-state index in [-0.39, 0.29) is 36.7 Å². The van der Waals surface area contributed by atoms with Gasteiger partial charge in [-0.1, -0.05) is 151 Å². The minimum Gasteiger partial charge on any atom is -0.509 e. The van der Waals surface area contributed by atoms with Crippen molar-refractivity contribution in [2.75, 3.05) is 9.80 Å². The molecule has 7 heteroatoms. The maximum Gasteiger partial charge on any atom is 0.135 e. The molecular formula is C57H52N5OPd-3. The summed E-state index contributed by atoms with van der Waals surface area (Å²) >= 11 is 0. The summed E-state index contributed by atoms with van der Waals surface area (Å²) in [6.45, 7) is 20.1. The summed E-state index contributed by atoms with van der Waals surface area (Å²) in [5.41, 5.74) is 11.7. The molecule has 0 amide bonds. The zero-order chi connectivity index (χ0) is 43.7. The van der Waals surface area contributed by atoms with Crippen LogP contribution in [0.4, 0.5) is 11.4 Å². The first kappa shape index (κ1) is 42.9. The van der Waals surface area contributed by atoms with Crippen molar-refractivity contribution in [1.29, 1.82) is 0 Å². The number of hydrogen-bond acceptors (Lipinski definition) is 4. The van der Waals surface area contributed by atoms with Crippen LogP contribution in [0.5, 0.6) is 11.5 Å². The van der Waals surface area contributed by atoms with Gasteiger partial charge >= 0.3 is 0 Å². The molecule has 0 atom stereocenters. The molecule has 0 N–H and O–H groups in total. The summed E-state index contributed by atoms with van der Waals surface area (Å²) in [4.78, 5) is 9.41. The third-order valence-electron chi connectivity index (χ3n) is 12.5. The van der Waals surface area contributed by atoms with Crippen LogP contribution in [0.2, 0.25) is 0 Å². The van der Waals surface area contributed by atoms with Gasteiger partial charge in [0.25, 0.3) is 0 Å². The average molecular weight is 929 g/mol. The van der Waals surface area contributed by atoms with Gasteiger partial charge in [0.2, 0.25) is 0 Å². The molecule has 10 rings (SSSR count). The van der Waals surface area contributed by atoms with Crippen LogP contribution < -0.4 is 14.5 Å². The van der Waals surface area contributed by atoms with Crippen LogP contribution in [-0.2, 0) is 36.7 Å². The third-order valence-corrected chi connectivity index (χ3v) is 12.5. The standard InChI is InChI=1S/C57H52N5O.Pd/c1-55(2,3)41-33-43(59-31-32-60(38-59)50-26-18-16-24-48(50)56(4,5)6)36-45(34-41)63-44-27-28-47-51(37-44)62(52-35-40(29-30-58-52)57(7,8)39-19-11-9-12-20-39)54-46-23-15-17-25-49(46)61(53(47)54)42-21-13-10-14-22-42;/h9-35,38H,1-8H3;/q-3;. The van der Waals surface area contributed by atoms with E-state index in [1.54, 1.807) is 0 Å². The van der Waals surface area contributed by atoms with Gasteiger partial charge in [-0.3, -0.25) is 0 Å². The molecule has 3 aromatic heterocycles. The number of para-hydroxylation sites is 3. The van der Waals surface area contributed by atoms with Crippen LogP contribution in [0.25, 0.3) is 44.3 Å². The number of hydrogen-bond donors (Lipinski definition) is 0. The van der Waals surface area contributed by atoms with Crippen molar-refractivity contribution in [3.05, 3.63) is 205 Å². The second kappa shape index (κ2) is 16.3. The predicted octanol–water partition coefficient (Wildman–Crippen LogP) is 14.4. The van der Waals surface area contributed by atoms with E-state index in [0.29, 0.717) is 11.5 Å². The van der Waals surface area contributed by atoms with Gasteiger partial charge in [-0.05, 0) is 76.3 Å². The average Bonchev–Trinajstić information content (AvgIpc) is 3.99. The van der Waals surface area contributed by atoms with E-state index < -0.39 is 0 Å². The summed E-state index contributed by atoms with van der Waals surface area (Å²) in [5.74, 6) is 2.03. The Morgan fingerprint density at radius 2 is 1.22 bits per heavy atom. The normalized spacial score (nSPS) is 13.3. The molecule has 6 aromatic carbocycles. The Labute approximate surface area is 391 Å². The van der Waals surface area contributed by atoms with E-state index in [9.17, 15) is 0 Å². The van der Waals surface area contributed by atoms with E-state index in [4.69, 9.17) is 9.72 Å². The smallest absolute Gasteiger partial charge is 0.135 e. The number of anilines is 2. The Bertz CT molecular complexity index is 3180. The molecule has 4 heterocycles. The second-order valence-corrected chi connectivity index (χ2v) is 19.2. The first-order valence-corrected chi connectivity index (χ1v) is 21.8. The van der Waals surface area contributed by atoms with Crippen LogP contribution in [-0.4, -0.2) is 14.1 Å². The van der Waals surface area contributed by atoms with Crippen LogP contribution >= 0.6 is 0 Å². The second-order valence-electron chi connectivity index (χ2n) is 19.2. The summed E-state index contributed by atoms with van der Waals surface area (Å²) < 4.78 is 11.5. The van der Waals surface area contributed by atoms with Crippen LogP contribution in [0, 0.1) is 18.8 Å². The summed E-state index contributed by atoms with van der Waals surface area (Å²) in [6, 6.07) is 58.8. The molecule has 0 saturated heterocycles. The van der Waals surface area contributed by atoms with Gasteiger partial charge in [-0.15, -0.1) is 48.3 Å². The van der Waals surface area contributed by atoms with Gasteiger partial charge in [-0.2, -0.15) is 6.07 Å². The molecule has 0 bridgehead atoms. The molecule has 0 unspecified atom stereocenters. The fourth-order valence-electron chi connectivity index (χ4n) is 8.97. The molecule has 1 aliphatic heterocycles.